The van der Waals surface area contributed by atoms with Crippen LogP contribution < -0.4 is 4.90 Å². The maximum atomic E-state index is 13.7. The number of hydrogen-bond acceptors (Lipinski definition) is 3. The Bertz CT molecular complexity index is 1140. The van der Waals surface area contributed by atoms with Crippen LogP contribution in [0.4, 0.5) is 8.78 Å². The number of tetrazole rings is 1. The summed E-state index contributed by atoms with van der Waals surface area (Å²) < 4.78 is 28.8. The second-order valence-corrected chi connectivity index (χ2v) is 7.35. The van der Waals surface area contributed by atoms with Crippen LogP contribution in [0.1, 0.15) is 28.6 Å². The first-order valence-electron chi connectivity index (χ1n) is 9.70. The lowest BCUT2D eigenvalue weighted by Gasteiger charge is -2.25. The highest BCUT2D eigenvalue weighted by Gasteiger charge is 2.30. The van der Waals surface area contributed by atoms with Crippen LogP contribution in [0.15, 0.2) is 72.8 Å². The van der Waals surface area contributed by atoms with Gasteiger partial charge in [0, 0.05) is 11.1 Å². The average molecular weight is 406 g/mol. The van der Waals surface area contributed by atoms with Gasteiger partial charge in [-0.15, -0.1) is 5.10 Å². The molecule has 5 nitrogen and oxygen atoms in total. The molecule has 1 heterocycles. The minimum atomic E-state index is -0.848. The molecule has 0 saturated heterocycles. The SMILES string of the molecule is Cc1ccccc1-n1nnnc1[C@@H](c1ccccc1)[NH+](C)Cc1ccc(F)c(F)c1. The highest BCUT2D eigenvalue weighted by Crippen LogP contribution is 2.21. The van der Waals surface area contributed by atoms with Gasteiger partial charge in [0.1, 0.15) is 6.54 Å². The summed E-state index contributed by atoms with van der Waals surface area (Å²) >= 11 is 0. The topological polar surface area (TPSA) is 48.0 Å². The van der Waals surface area contributed by atoms with Crippen LogP contribution in [0.25, 0.3) is 5.69 Å². The van der Waals surface area contributed by atoms with Crippen LogP contribution in [0.5, 0.6) is 0 Å². The standard InChI is InChI=1S/C23H21F2N5/c1-16-8-6-7-11-21(16)30-23(26-27-28-30)22(18-9-4-3-5-10-18)29(2)15-17-12-13-19(24)20(25)14-17/h3-14,22H,15H2,1-2H3/p+1/t22-/m1/s1. The van der Waals surface area contributed by atoms with E-state index in [9.17, 15) is 8.78 Å². The van der Waals surface area contributed by atoms with Gasteiger partial charge in [0.05, 0.1) is 12.7 Å². The Labute approximate surface area is 173 Å². The number of aryl methyl sites for hydroxylation is 1. The van der Waals surface area contributed by atoms with E-state index in [1.807, 2.05) is 68.6 Å². The number of rotatable bonds is 6. The van der Waals surface area contributed by atoms with Gasteiger partial charge in [0.25, 0.3) is 0 Å². The average Bonchev–Trinajstić information content (AvgIpc) is 3.21. The van der Waals surface area contributed by atoms with Crippen molar-refractivity contribution in [3.8, 4) is 5.69 Å². The first-order chi connectivity index (χ1) is 14.5. The van der Waals surface area contributed by atoms with E-state index < -0.39 is 11.6 Å². The van der Waals surface area contributed by atoms with Gasteiger partial charge in [-0.2, -0.15) is 4.68 Å². The Morgan fingerprint density at radius 2 is 1.67 bits per heavy atom. The van der Waals surface area contributed by atoms with Gasteiger partial charge in [0.15, 0.2) is 17.7 Å². The second-order valence-electron chi connectivity index (χ2n) is 7.35. The number of aromatic nitrogens is 4. The zero-order valence-electron chi connectivity index (χ0n) is 16.8. The van der Waals surface area contributed by atoms with Crippen molar-refractivity contribution in [1.29, 1.82) is 0 Å². The van der Waals surface area contributed by atoms with Crippen LogP contribution in [0, 0.1) is 18.6 Å². The van der Waals surface area contributed by atoms with Crippen molar-refractivity contribution < 1.29 is 13.7 Å². The maximum absolute atomic E-state index is 13.7. The quantitative estimate of drug-likeness (QED) is 0.536. The van der Waals surface area contributed by atoms with Crippen molar-refractivity contribution in [3.63, 3.8) is 0 Å². The smallest absolute Gasteiger partial charge is 0.218 e. The largest absolute Gasteiger partial charge is 0.321 e. The molecule has 30 heavy (non-hydrogen) atoms. The molecule has 0 bridgehead atoms. The molecule has 0 fully saturated rings. The van der Waals surface area contributed by atoms with E-state index in [0.717, 1.165) is 27.8 Å². The number of nitrogens with zero attached hydrogens (tertiary/aromatic N) is 4. The third-order valence-corrected chi connectivity index (χ3v) is 5.19. The van der Waals surface area contributed by atoms with E-state index in [2.05, 4.69) is 15.5 Å². The fraction of sp³-hybridized carbons (Fsp3) is 0.174. The minimum Gasteiger partial charge on any atom is -0.321 e. The summed E-state index contributed by atoms with van der Waals surface area (Å²) in [6.07, 6.45) is 0. The first kappa shape index (κ1) is 19.8. The number of halogens is 2. The van der Waals surface area contributed by atoms with Gasteiger partial charge in [-0.25, -0.2) is 8.78 Å². The molecule has 152 valence electrons. The lowest BCUT2D eigenvalue weighted by atomic mass is 10.0. The minimum absolute atomic E-state index is 0.214. The van der Waals surface area contributed by atoms with Gasteiger partial charge in [-0.05, 0) is 41.1 Å². The van der Waals surface area contributed by atoms with Crippen LogP contribution in [-0.4, -0.2) is 27.3 Å². The summed E-state index contributed by atoms with van der Waals surface area (Å²) in [5.74, 6) is -1.02. The lowest BCUT2D eigenvalue weighted by Crippen LogP contribution is -3.08. The fourth-order valence-electron chi connectivity index (χ4n) is 3.72. The van der Waals surface area contributed by atoms with Crippen molar-refractivity contribution in [2.75, 3.05) is 7.05 Å². The Hall–Kier alpha value is -3.45. The number of para-hydroxylation sites is 1. The summed E-state index contributed by atoms with van der Waals surface area (Å²) in [6, 6.07) is 21.6. The Kier molecular flexibility index (Phi) is 5.63. The summed E-state index contributed by atoms with van der Waals surface area (Å²) in [5, 5.41) is 12.5. The third-order valence-electron chi connectivity index (χ3n) is 5.19. The van der Waals surface area contributed by atoms with Gasteiger partial charge in [-0.1, -0.05) is 54.6 Å². The molecule has 0 amide bonds. The molecule has 0 aliphatic rings. The van der Waals surface area contributed by atoms with E-state index in [0.29, 0.717) is 17.9 Å². The molecule has 1 unspecified atom stereocenters. The lowest BCUT2D eigenvalue weighted by molar-refractivity contribution is -0.920. The number of quaternary nitrogens is 1. The van der Waals surface area contributed by atoms with Crippen molar-refractivity contribution in [3.05, 3.63) is 107 Å². The van der Waals surface area contributed by atoms with Crippen molar-refractivity contribution in [1.82, 2.24) is 20.2 Å². The highest BCUT2D eigenvalue weighted by molar-refractivity contribution is 5.40. The van der Waals surface area contributed by atoms with E-state index in [4.69, 9.17) is 0 Å². The molecule has 7 heteroatoms. The maximum Gasteiger partial charge on any atom is 0.218 e. The zero-order valence-corrected chi connectivity index (χ0v) is 16.8. The van der Waals surface area contributed by atoms with E-state index in [1.165, 1.54) is 6.07 Å². The molecule has 4 rings (SSSR count). The van der Waals surface area contributed by atoms with Crippen LogP contribution in [0.3, 0.4) is 0 Å². The van der Waals surface area contributed by atoms with E-state index >= 15 is 0 Å². The summed E-state index contributed by atoms with van der Waals surface area (Å²) in [5.41, 5.74) is 3.68. The molecule has 0 saturated carbocycles. The predicted molar refractivity (Wildman–Crippen MR) is 109 cm³/mol. The Balaban J connectivity index is 1.76. The molecule has 2 atom stereocenters. The molecule has 0 radical (unpaired) electrons. The molecular formula is C23H22F2N5+. The Morgan fingerprint density at radius 3 is 2.40 bits per heavy atom. The summed E-state index contributed by atoms with van der Waals surface area (Å²) in [7, 11) is 2.00. The predicted octanol–water partition coefficient (Wildman–Crippen LogP) is 3.05. The summed E-state index contributed by atoms with van der Waals surface area (Å²) in [6.45, 7) is 2.48. The van der Waals surface area contributed by atoms with Gasteiger partial charge in [0.2, 0.25) is 5.82 Å². The fourth-order valence-corrected chi connectivity index (χ4v) is 3.72. The molecule has 4 aromatic rings. The molecule has 1 N–H and O–H groups in total. The molecule has 3 aromatic carbocycles. The van der Waals surface area contributed by atoms with Crippen molar-refractivity contribution in [2.24, 2.45) is 0 Å². The second kappa shape index (κ2) is 8.51. The number of nitrogens with one attached hydrogen (secondary N) is 1. The monoisotopic (exact) mass is 406 g/mol. The zero-order chi connectivity index (χ0) is 21.1. The molecule has 1 aromatic heterocycles. The Morgan fingerprint density at radius 1 is 0.933 bits per heavy atom. The summed E-state index contributed by atoms with van der Waals surface area (Å²) in [4.78, 5) is 1.02. The molecular weight excluding hydrogens is 384 g/mol. The number of benzene rings is 3. The molecule has 0 aliphatic heterocycles. The number of hydrogen-bond donors (Lipinski definition) is 1. The van der Waals surface area contributed by atoms with Gasteiger partial charge in [-0.3, -0.25) is 0 Å². The van der Waals surface area contributed by atoms with Crippen molar-refractivity contribution in [2.45, 2.75) is 19.5 Å². The van der Waals surface area contributed by atoms with Crippen LogP contribution in [0.2, 0.25) is 0 Å². The van der Waals surface area contributed by atoms with Crippen LogP contribution in [-0.2, 0) is 6.54 Å². The third kappa shape index (κ3) is 3.97. The molecule has 0 aliphatic carbocycles. The van der Waals surface area contributed by atoms with E-state index in [-0.39, 0.29) is 6.04 Å². The van der Waals surface area contributed by atoms with Gasteiger partial charge >= 0.3 is 0 Å². The highest BCUT2D eigenvalue weighted by atomic mass is 19.2. The first-order valence-corrected chi connectivity index (χ1v) is 9.70. The van der Waals surface area contributed by atoms with Gasteiger partial charge < -0.3 is 4.90 Å². The van der Waals surface area contributed by atoms with Crippen molar-refractivity contribution >= 4 is 0 Å². The molecule has 0 spiro atoms. The normalized spacial score (nSPS) is 13.2. The van der Waals surface area contributed by atoms with Crippen LogP contribution >= 0.6 is 0 Å². The van der Waals surface area contributed by atoms with E-state index in [1.54, 1.807) is 10.7 Å².